The Kier molecular flexibility index (Phi) is 5.11. The number of benzene rings is 1. The minimum absolute atomic E-state index is 0.0582. The number of halogens is 3. The fourth-order valence-electron chi connectivity index (χ4n) is 2.30. The van der Waals surface area contributed by atoms with E-state index in [0.717, 1.165) is 28.3 Å². The first-order valence-electron chi connectivity index (χ1n) is 6.75. The van der Waals surface area contributed by atoms with Crippen molar-refractivity contribution in [3.63, 3.8) is 0 Å². The zero-order chi connectivity index (χ0) is 15.6. The first-order valence-corrected chi connectivity index (χ1v) is 7.54. The average molecular weight is 359 g/mol. The molecular formula is C15H17BrF2N2O. The molecule has 0 aliphatic carbocycles. The van der Waals surface area contributed by atoms with E-state index in [0.29, 0.717) is 6.42 Å². The lowest BCUT2D eigenvalue weighted by Crippen LogP contribution is -2.17. The Morgan fingerprint density at radius 2 is 2.05 bits per heavy atom. The maximum Gasteiger partial charge on any atom is 0.162 e. The van der Waals surface area contributed by atoms with E-state index in [-0.39, 0.29) is 12.0 Å². The molecule has 2 aromatic rings. The molecule has 0 fully saturated rings. The van der Waals surface area contributed by atoms with Crippen LogP contribution in [0.1, 0.15) is 23.9 Å². The van der Waals surface area contributed by atoms with E-state index < -0.39 is 17.7 Å². The molecule has 0 aliphatic rings. The van der Waals surface area contributed by atoms with Crippen LogP contribution in [-0.2, 0) is 26.3 Å². The number of aliphatic hydroxyl groups is 1. The van der Waals surface area contributed by atoms with Gasteiger partial charge in [-0.25, -0.2) is 8.78 Å². The van der Waals surface area contributed by atoms with Crippen molar-refractivity contribution in [1.82, 2.24) is 9.78 Å². The van der Waals surface area contributed by atoms with Gasteiger partial charge in [0.1, 0.15) is 0 Å². The van der Waals surface area contributed by atoms with Gasteiger partial charge in [-0.1, -0.05) is 19.1 Å². The molecule has 1 atom stereocenters. The molecule has 114 valence electrons. The first kappa shape index (κ1) is 16.1. The molecule has 0 radical (unpaired) electrons. The van der Waals surface area contributed by atoms with Crippen LogP contribution in [0.3, 0.4) is 0 Å². The van der Waals surface area contributed by atoms with Crippen molar-refractivity contribution in [2.24, 2.45) is 7.05 Å². The van der Waals surface area contributed by atoms with Crippen LogP contribution in [0.2, 0.25) is 0 Å². The van der Waals surface area contributed by atoms with Gasteiger partial charge in [-0.2, -0.15) is 5.10 Å². The lowest BCUT2D eigenvalue weighted by Gasteiger charge is -2.12. The van der Waals surface area contributed by atoms with Crippen LogP contribution in [0.15, 0.2) is 22.7 Å². The number of aromatic nitrogens is 2. The van der Waals surface area contributed by atoms with Crippen LogP contribution in [0.5, 0.6) is 0 Å². The topological polar surface area (TPSA) is 38.0 Å². The number of rotatable bonds is 5. The zero-order valence-corrected chi connectivity index (χ0v) is 13.5. The predicted molar refractivity (Wildman–Crippen MR) is 80.1 cm³/mol. The van der Waals surface area contributed by atoms with Gasteiger partial charge < -0.3 is 5.11 Å². The summed E-state index contributed by atoms with van der Waals surface area (Å²) in [5, 5.41) is 14.5. The molecule has 3 nitrogen and oxygen atoms in total. The van der Waals surface area contributed by atoms with E-state index in [1.165, 1.54) is 12.1 Å². The molecule has 1 N–H and O–H groups in total. The van der Waals surface area contributed by atoms with Crippen molar-refractivity contribution in [3.05, 3.63) is 51.3 Å². The Morgan fingerprint density at radius 3 is 2.67 bits per heavy atom. The molecule has 6 heteroatoms. The summed E-state index contributed by atoms with van der Waals surface area (Å²) in [7, 11) is 1.80. The lowest BCUT2D eigenvalue weighted by atomic mass is 10.0. The maximum absolute atomic E-state index is 13.6. The molecule has 0 bridgehead atoms. The second-order valence-corrected chi connectivity index (χ2v) is 5.75. The molecule has 21 heavy (non-hydrogen) atoms. The Morgan fingerprint density at radius 1 is 1.33 bits per heavy atom. The van der Waals surface area contributed by atoms with E-state index in [1.54, 1.807) is 11.7 Å². The molecule has 1 aromatic carbocycles. The van der Waals surface area contributed by atoms with Crippen LogP contribution >= 0.6 is 15.9 Å². The quantitative estimate of drug-likeness (QED) is 0.891. The van der Waals surface area contributed by atoms with Crippen molar-refractivity contribution in [2.45, 2.75) is 32.3 Å². The smallest absolute Gasteiger partial charge is 0.162 e. The largest absolute Gasteiger partial charge is 0.392 e. The van der Waals surface area contributed by atoms with Gasteiger partial charge in [-0.15, -0.1) is 0 Å². The molecule has 0 amide bonds. The Balaban J connectivity index is 2.14. The van der Waals surface area contributed by atoms with Crippen molar-refractivity contribution in [3.8, 4) is 0 Å². The molecule has 1 aromatic heterocycles. The fourth-order valence-corrected chi connectivity index (χ4v) is 3.08. The summed E-state index contributed by atoms with van der Waals surface area (Å²) in [5.74, 6) is -1.79. The monoisotopic (exact) mass is 358 g/mol. The van der Waals surface area contributed by atoms with E-state index >= 15 is 0 Å². The number of hydrogen-bond acceptors (Lipinski definition) is 2. The van der Waals surface area contributed by atoms with Gasteiger partial charge in [0.25, 0.3) is 0 Å². The highest BCUT2D eigenvalue weighted by Crippen LogP contribution is 2.24. The van der Waals surface area contributed by atoms with Crippen LogP contribution in [0.25, 0.3) is 0 Å². The highest BCUT2D eigenvalue weighted by Gasteiger charge is 2.18. The van der Waals surface area contributed by atoms with Gasteiger partial charge in [0, 0.05) is 19.9 Å². The number of nitrogens with zero attached hydrogens (tertiary/aromatic N) is 2. The molecular weight excluding hydrogens is 342 g/mol. The molecule has 0 saturated carbocycles. The Hall–Kier alpha value is -1.27. The Bertz CT molecular complexity index is 643. The third kappa shape index (κ3) is 3.49. The van der Waals surface area contributed by atoms with Crippen LogP contribution in [0, 0.1) is 11.6 Å². The van der Waals surface area contributed by atoms with Crippen molar-refractivity contribution < 1.29 is 13.9 Å². The zero-order valence-electron chi connectivity index (χ0n) is 11.9. The van der Waals surface area contributed by atoms with Gasteiger partial charge in [-0.05, 0) is 34.0 Å². The van der Waals surface area contributed by atoms with Gasteiger partial charge in [-0.3, -0.25) is 4.68 Å². The number of aryl methyl sites for hydroxylation is 2. The second-order valence-electron chi connectivity index (χ2n) is 4.96. The normalized spacial score (nSPS) is 12.7. The van der Waals surface area contributed by atoms with Crippen LogP contribution in [0.4, 0.5) is 8.78 Å². The molecule has 0 aliphatic heterocycles. The summed E-state index contributed by atoms with van der Waals surface area (Å²) in [6.07, 6.45) is 0.351. The standard InChI is InChI=1S/C15H17BrF2N2O/c1-3-12-14(16)13(20(2)19-12)8-10(21)7-9-5-4-6-11(17)15(9)18/h4-6,10,21H,3,7-8H2,1-2H3. The van der Waals surface area contributed by atoms with Gasteiger partial charge in [0.2, 0.25) is 0 Å². The SMILES string of the molecule is CCc1nn(C)c(CC(O)Cc2cccc(F)c2F)c1Br. The van der Waals surface area contributed by atoms with E-state index in [9.17, 15) is 13.9 Å². The predicted octanol–water partition coefficient (Wildman–Crippen LogP) is 3.17. The van der Waals surface area contributed by atoms with E-state index in [2.05, 4.69) is 21.0 Å². The lowest BCUT2D eigenvalue weighted by molar-refractivity contribution is 0.171. The summed E-state index contributed by atoms with van der Waals surface area (Å²) in [6.45, 7) is 2.00. The minimum atomic E-state index is -0.894. The Labute approximate surface area is 130 Å². The number of aliphatic hydroxyl groups excluding tert-OH is 1. The van der Waals surface area contributed by atoms with Crippen molar-refractivity contribution in [1.29, 1.82) is 0 Å². The third-order valence-electron chi connectivity index (χ3n) is 3.42. The van der Waals surface area contributed by atoms with Gasteiger partial charge in [0.05, 0.1) is 22.0 Å². The first-order chi connectivity index (χ1) is 9.93. The van der Waals surface area contributed by atoms with E-state index in [1.807, 2.05) is 6.92 Å². The third-order valence-corrected chi connectivity index (χ3v) is 4.33. The maximum atomic E-state index is 13.6. The highest BCUT2D eigenvalue weighted by atomic mass is 79.9. The van der Waals surface area contributed by atoms with Crippen molar-refractivity contribution in [2.75, 3.05) is 0 Å². The molecule has 1 unspecified atom stereocenters. The summed E-state index contributed by atoms with van der Waals surface area (Å²) in [4.78, 5) is 0. The van der Waals surface area contributed by atoms with Gasteiger partial charge >= 0.3 is 0 Å². The van der Waals surface area contributed by atoms with E-state index in [4.69, 9.17) is 0 Å². The molecule has 0 spiro atoms. The highest BCUT2D eigenvalue weighted by molar-refractivity contribution is 9.10. The van der Waals surface area contributed by atoms with Crippen LogP contribution < -0.4 is 0 Å². The molecule has 2 rings (SSSR count). The number of hydrogen-bond donors (Lipinski definition) is 1. The molecule has 1 heterocycles. The van der Waals surface area contributed by atoms with Crippen LogP contribution in [-0.4, -0.2) is 21.0 Å². The van der Waals surface area contributed by atoms with Gasteiger partial charge in [0.15, 0.2) is 11.6 Å². The molecule has 0 saturated heterocycles. The summed E-state index contributed by atoms with van der Waals surface area (Å²) >= 11 is 3.47. The van der Waals surface area contributed by atoms with Crippen molar-refractivity contribution >= 4 is 15.9 Å². The second kappa shape index (κ2) is 6.66. The summed E-state index contributed by atoms with van der Waals surface area (Å²) in [6, 6.07) is 3.99. The summed E-state index contributed by atoms with van der Waals surface area (Å²) in [5.41, 5.74) is 1.93. The fraction of sp³-hybridized carbons (Fsp3) is 0.400. The minimum Gasteiger partial charge on any atom is -0.392 e. The summed E-state index contributed by atoms with van der Waals surface area (Å²) < 4.78 is 29.3. The average Bonchev–Trinajstić information content (AvgIpc) is 2.71.